The molecule has 0 saturated heterocycles. The van der Waals surface area contributed by atoms with Crippen LogP contribution in [0.1, 0.15) is 13.8 Å². The summed E-state index contributed by atoms with van der Waals surface area (Å²) in [6, 6.07) is 9.40. The summed E-state index contributed by atoms with van der Waals surface area (Å²) in [5.41, 5.74) is 7.24. The van der Waals surface area contributed by atoms with Crippen LogP contribution < -0.4 is 10.6 Å². The van der Waals surface area contributed by atoms with E-state index in [9.17, 15) is 0 Å². The van der Waals surface area contributed by atoms with Crippen LogP contribution in [0.3, 0.4) is 0 Å². The van der Waals surface area contributed by atoms with E-state index in [0.717, 1.165) is 12.3 Å². The third-order valence-electron chi connectivity index (χ3n) is 2.67. The van der Waals surface area contributed by atoms with Crippen LogP contribution >= 0.6 is 11.8 Å². The lowest BCUT2D eigenvalue weighted by molar-refractivity contribution is 0.616. The first-order valence-electron chi connectivity index (χ1n) is 5.42. The first-order valence-corrected chi connectivity index (χ1v) is 6.41. The SMILES string of the molecule is CC(N)CN1c2ccccc2SCC1C. The van der Waals surface area contributed by atoms with Gasteiger partial charge in [-0.1, -0.05) is 12.1 Å². The molecule has 2 N–H and O–H groups in total. The van der Waals surface area contributed by atoms with Gasteiger partial charge in [-0.05, 0) is 26.0 Å². The van der Waals surface area contributed by atoms with E-state index < -0.39 is 0 Å². The number of rotatable bonds is 2. The Morgan fingerprint density at radius 2 is 2.27 bits per heavy atom. The van der Waals surface area contributed by atoms with E-state index >= 15 is 0 Å². The van der Waals surface area contributed by atoms with Crippen LogP contribution in [0.15, 0.2) is 29.2 Å². The number of nitrogens with zero attached hydrogens (tertiary/aromatic N) is 1. The number of hydrogen-bond acceptors (Lipinski definition) is 3. The molecule has 0 fully saturated rings. The number of nitrogens with two attached hydrogens (primary N) is 1. The van der Waals surface area contributed by atoms with E-state index in [2.05, 4.69) is 43.0 Å². The Balaban J connectivity index is 2.28. The van der Waals surface area contributed by atoms with E-state index in [0.29, 0.717) is 6.04 Å². The number of para-hydroxylation sites is 1. The number of anilines is 1. The van der Waals surface area contributed by atoms with Crippen molar-refractivity contribution in [2.45, 2.75) is 30.8 Å². The van der Waals surface area contributed by atoms with Crippen molar-refractivity contribution in [1.29, 1.82) is 0 Å². The van der Waals surface area contributed by atoms with Crippen molar-refractivity contribution >= 4 is 17.4 Å². The van der Waals surface area contributed by atoms with Gasteiger partial charge in [-0.15, -0.1) is 11.8 Å². The van der Waals surface area contributed by atoms with Crippen molar-refractivity contribution in [3.05, 3.63) is 24.3 Å². The smallest absolute Gasteiger partial charge is 0.0507 e. The summed E-state index contributed by atoms with van der Waals surface area (Å²) < 4.78 is 0. The van der Waals surface area contributed by atoms with Gasteiger partial charge in [0.15, 0.2) is 0 Å². The lowest BCUT2D eigenvalue weighted by atomic mass is 10.2. The lowest BCUT2D eigenvalue weighted by Crippen LogP contribution is -2.44. The molecular formula is C12H18N2S. The Kier molecular flexibility index (Phi) is 3.22. The predicted molar refractivity (Wildman–Crippen MR) is 67.6 cm³/mol. The Morgan fingerprint density at radius 3 is 3.00 bits per heavy atom. The molecule has 0 bridgehead atoms. The molecule has 1 aromatic carbocycles. The summed E-state index contributed by atoms with van der Waals surface area (Å²) in [7, 11) is 0. The van der Waals surface area contributed by atoms with Gasteiger partial charge in [-0.3, -0.25) is 0 Å². The van der Waals surface area contributed by atoms with Crippen LogP contribution in [0, 0.1) is 0 Å². The standard InChI is InChI=1S/C12H18N2S/c1-9(13)7-14-10(2)8-15-12-6-4-3-5-11(12)14/h3-6,9-10H,7-8,13H2,1-2H3. The molecule has 2 unspecified atom stereocenters. The van der Waals surface area contributed by atoms with Gasteiger partial charge >= 0.3 is 0 Å². The van der Waals surface area contributed by atoms with Crippen LogP contribution in [0.25, 0.3) is 0 Å². The summed E-state index contributed by atoms with van der Waals surface area (Å²) in [4.78, 5) is 3.81. The maximum atomic E-state index is 5.89. The number of thioether (sulfide) groups is 1. The van der Waals surface area contributed by atoms with Crippen molar-refractivity contribution < 1.29 is 0 Å². The van der Waals surface area contributed by atoms with Gasteiger partial charge in [0.1, 0.15) is 0 Å². The van der Waals surface area contributed by atoms with Crippen molar-refractivity contribution in [2.75, 3.05) is 17.2 Å². The third kappa shape index (κ3) is 2.29. The molecule has 1 aliphatic heterocycles. The fourth-order valence-corrected chi connectivity index (χ4v) is 3.05. The second kappa shape index (κ2) is 4.45. The zero-order valence-electron chi connectivity index (χ0n) is 9.31. The first-order chi connectivity index (χ1) is 7.18. The minimum atomic E-state index is 0.226. The Morgan fingerprint density at radius 1 is 1.53 bits per heavy atom. The van der Waals surface area contributed by atoms with Crippen molar-refractivity contribution in [1.82, 2.24) is 0 Å². The van der Waals surface area contributed by atoms with Gasteiger partial charge in [-0.2, -0.15) is 0 Å². The molecule has 82 valence electrons. The summed E-state index contributed by atoms with van der Waals surface area (Å²) >= 11 is 1.95. The molecule has 0 aliphatic carbocycles. The topological polar surface area (TPSA) is 29.3 Å². The largest absolute Gasteiger partial charge is 0.366 e. The summed E-state index contributed by atoms with van der Waals surface area (Å²) in [6.07, 6.45) is 0. The van der Waals surface area contributed by atoms with E-state index in [1.807, 2.05) is 11.8 Å². The van der Waals surface area contributed by atoms with Crippen LogP contribution in [0.2, 0.25) is 0 Å². The molecule has 0 amide bonds. The summed E-state index contributed by atoms with van der Waals surface area (Å²) in [5, 5.41) is 0. The Labute approximate surface area is 95.8 Å². The molecule has 0 radical (unpaired) electrons. The molecule has 2 nitrogen and oxygen atoms in total. The molecular weight excluding hydrogens is 204 g/mol. The highest BCUT2D eigenvalue weighted by Crippen LogP contribution is 2.36. The molecule has 15 heavy (non-hydrogen) atoms. The molecule has 1 aromatic rings. The zero-order chi connectivity index (χ0) is 10.8. The first kappa shape index (κ1) is 10.8. The highest BCUT2D eigenvalue weighted by atomic mass is 32.2. The molecule has 0 saturated carbocycles. The van der Waals surface area contributed by atoms with Gasteiger partial charge < -0.3 is 10.6 Å². The number of hydrogen-bond donors (Lipinski definition) is 1. The molecule has 2 atom stereocenters. The molecule has 1 heterocycles. The van der Waals surface area contributed by atoms with E-state index in [-0.39, 0.29) is 6.04 Å². The van der Waals surface area contributed by atoms with Gasteiger partial charge in [-0.25, -0.2) is 0 Å². The zero-order valence-corrected chi connectivity index (χ0v) is 10.1. The highest BCUT2D eigenvalue weighted by molar-refractivity contribution is 7.99. The monoisotopic (exact) mass is 222 g/mol. The van der Waals surface area contributed by atoms with Crippen LogP contribution in [0.4, 0.5) is 5.69 Å². The van der Waals surface area contributed by atoms with Gasteiger partial charge in [0.25, 0.3) is 0 Å². The van der Waals surface area contributed by atoms with Crippen molar-refractivity contribution in [3.8, 4) is 0 Å². The summed E-state index contributed by atoms with van der Waals surface area (Å²) in [6.45, 7) is 5.28. The molecule has 3 heteroatoms. The van der Waals surface area contributed by atoms with Crippen molar-refractivity contribution in [3.63, 3.8) is 0 Å². The molecule has 2 rings (SSSR count). The van der Waals surface area contributed by atoms with Crippen LogP contribution in [-0.4, -0.2) is 24.4 Å². The van der Waals surface area contributed by atoms with Gasteiger partial charge in [0.2, 0.25) is 0 Å². The maximum absolute atomic E-state index is 5.89. The number of benzene rings is 1. The minimum absolute atomic E-state index is 0.226. The number of fused-ring (bicyclic) bond motifs is 1. The Bertz CT molecular complexity index is 338. The molecule has 1 aliphatic rings. The van der Waals surface area contributed by atoms with E-state index in [1.165, 1.54) is 10.6 Å². The fraction of sp³-hybridized carbons (Fsp3) is 0.500. The van der Waals surface area contributed by atoms with Crippen LogP contribution in [0.5, 0.6) is 0 Å². The second-order valence-electron chi connectivity index (χ2n) is 4.26. The van der Waals surface area contributed by atoms with E-state index in [4.69, 9.17) is 5.73 Å². The predicted octanol–water partition coefficient (Wildman–Crippen LogP) is 2.33. The average molecular weight is 222 g/mol. The average Bonchev–Trinajstić information content (AvgIpc) is 2.22. The van der Waals surface area contributed by atoms with Crippen molar-refractivity contribution in [2.24, 2.45) is 5.73 Å². The highest BCUT2D eigenvalue weighted by Gasteiger charge is 2.23. The minimum Gasteiger partial charge on any atom is -0.366 e. The van der Waals surface area contributed by atoms with E-state index in [1.54, 1.807) is 0 Å². The quantitative estimate of drug-likeness (QED) is 0.833. The molecule has 0 aromatic heterocycles. The second-order valence-corrected chi connectivity index (χ2v) is 5.32. The van der Waals surface area contributed by atoms with Gasteiger partial charge in [0.05, 0.1) is 5.69 Å². The fourth-order valence-electron chi connectivity index (χ4n) is 1.94. The third-order valence-corrected chi connectivity index (χ3v) is 3.98. The normalized spacial score (nSPS) is 22.3. The van der Waals surface area contributed by atoms with Gasteiger partial charge in [0, 0.05) is 29.3 Å². The summed E-state index contributed by atoms with van der Waals surface area (Å²) in [5.74, 6) is 1.16. The lowest BCUT2D eigenvalue weighted by Gasteiger charge is -2.37. The Hall–Kier alpha value is -0.670. The van der Waals surface area contributed by atoms with Crippen LogP contribution in [-0.2, 0) is 0 Å². The maximum Gasteiger partial charge on any atom is 0.0507 e. The molecule has 0 spiro atoms.